The molecule has 0 atom stereocenters. The minimum atomic E-state index is -0.352. The van der Waals surface area contributed by atoms with E-state index in [1.807, 2.05) is 48.5 Å². The molecular formula is C14H9N3O. The maximum atomic E-state index is 5.68. The van der Waals surface area contributed by atoms with E-state index in [-0.39, 0.29) is 6.17 Å². The van der Waals surface area contributed by atoms with Crippen molar-refractivity contribution in [3.05, 3.63) is 65.1 Å². The summed E-state index contributed by atoms with van der Waals surface area (Å²) in [5, 5.41) is 1.79. The van der Waals surface area contributed by atoms with E-state index in [0.717, 1.165) is 21.8 Å². The van der Waals surface area contributed by atoms with Crippen molar-refractivity contribution in [1.82, 2.24) is 4.98 Å². The Bertz CT molecular complexity index is 783. The highest BCUT2D eigenvalue weighted by atomic mass is 16.4. The number of nitrogens with zero attached hydrogens (tertiary/aromatic N) is 3. The number of hydrogen-bond donors (Lipinski definition) is 0. The first-order chi connectivity index (χ1) is 8.90. The molecule has 3 aromatic rings. The fourth-order valence-electron chi connectivity index (χ4n) is 2.09. The number of fused-ring (bicyclic) bond motifs is 2. The van der Waals surface area contributed by atoms with Gasteiger partial charge in [-0.15, -0.1) is 0 Å². The second kappa shape index (κ2) is 3.50. The largest absolute Gasteiger partial charge is 0.436 e. The molecule has 0 spiro atoms. The van der Waals surface area contributed by atoms with E-state index < -0.39 is 0 Å². The van der Waals surface area contributed by atoms with Gasteiger partial charge >= 0.3 is 0 Å². The second-order valence-corrected chi connectivity index (χ2v) is 4.14. The molecule has 86 valence electrons. The number of hydrogen-bond acceptors (Lipinski definition) is 4. The summed E-state index contributed by atoms with van der Waals surface area (Å²) in [6, 6.07) is 15.5. The van der Waals surface area contributed by atoms with Gasteiger partial charge in [0.25, 0.3) is 0 Å². The first-order valence-electron chi connectivity index (χ1n) is 5.76. The summed E-state index contributed by atoms with van der Waals surface area (Å²) in [6.07, 6.45) is -0.352. The number of aromatic nitrogens is 1. The maximum Gasteiger partial charge on any atom is 0.242 e. The van der Waals surface area contributed by atoms with Gasteiger partial charge in [-0.1, -0.05) is 24.3 Å². The van der Waals surface area contributed by atoms with Crippen molar-refractivity contribution in [1.29, 1.82) is 0 Å². The fourth-order valence-corrected chi connectivity index (χ4v) is 2.09. The van der Waals surface area contributed by atoms with Gasteiger partial charge in [0.15, 0.2) is 5.58 Å². The molecule has 0 amide bonds. The Kier molecular flexibility index (Phi) is 1.85. The van der Waals surface area contributed by atoms with E-state index in [9.17, 15) is 0 Å². The van der Waals surface area contributed by atoms with Crippen LogP contribution in [0.15, 0.2) is 62.9 Å². The van der Waals surface area contributed by atoms with Crippen LogP contribution in [0.2, 0.25) is 0 Å². The van der Waals surface area contributed by atoms with Gasteiger partial charge in [0.1, 0.15) is 5.52 Å². The van der Waals surface area contributed by atoms with Gasteiger partial charge in [0.2, 0.25) is 12.1 Å². The highest BCUT2D eigenvalue weighted by molar-refractivity contribution is 5.72. The summed E-state index contributed by atoms with van der Waals surface area (Å²) in [4.78, 5) is 13.4. The predicted molar refractivity (Wildman–Crippen MR) is 65.5 cm³/mol. The van der Waals surface area contributed by atoms with Crippen LogP contribution in [-0.4, -0.2) is 4.98 Å². The van der Waals surface area contributed by atoms with Crippen LogP contribution >= 0.6 is 0 Å². The van der Waals surface area contributed by atoms with Crippen LogP contribution in [0.4, 0.5) is 0 Å². The van der Waals surface area contributed by atoms with Crippen molar-refractivity contribution in [2.75, 3.05) is 0 Å². The zero-order chi connectivity index (χ0) is 11.9. The summed E-state index contributed by atoms with van der Waals surface area (Å²) >= 11 is 0. The van der Waals surface area contributed by atoms with Crippen molar-refractivity contribution in [2.45, 2.75) is 6.17 Å². The lowest BCUT2D eigenvalue weighted by atomic mass is 10.3. The molecule has 2 heterocycles. The monoisotopic (exact) mass is 235 g/mol. The number of rotatable bonds is 1. The lowest BCUT2D eigenvalue weighted by Crippen LogP contribution is -2.19. The van der Waals surface area contributed by atoms with Crippen molar-refractivity contribution >= 4 is 11.1 Å². The first kappa shape index (κ1) is 9.53. The minimum Gasteiger partial charge on any atom is -0.436 e. The van der Waals surface area contributed by atoms with Crippen LogP contribution in [0.1, 0.15) is 12.1 Å². The van der Waals surface area contributed by atoms with Gasteiger partial charge in [-0.05, 0) is 24.3 Å². The normalized spacial score (nSPS) is 14.2. The molecular weight excluding hydrogens is 226 g/mol. The van der Waals surface area contributed by atoms with Crippen molar-refractivity contribution < 1.29 is 4.42 Å². The Morgan fingerprint density at radius 1 is 0.833 bits per heavy atom. The Hall–Kier alpha value is -2.49. The van der Waals surface area contributed by atoms with Gasteiger partial charge in [-0.3, -0.25) is 0 Å². The van der Waals surface area contributed by atoms with E-state index in [0.29, 0.717) is 5.89 Å². The van der Waals surface area contributed by atoms with Crippen LogP contribution in [-0.2, 0) is 0 Å². The minimum absolute atomic E-state index is 0.352. The average molecular weight is 235 g/mol. The molecule has 4 nitrogen and oxygen atoms in total. The molecule has 0 N–H and O–H groups in total. The highest BCUT2D eigenvalue weighted by Gasteiger charge is 2.18. The zero-order valence-corrected chi connectivity index (χ0v) is 9.45. The maximum absolute atomic E-state index is 5.68. The van der Waals surface area contributed by atoms with E-state index in [2.05, 4.69) is 15.0 Å². The van der Waals surface area contributed by atoms with Gasteiger partial charge in [-0.2, -0.15) is 0 Å². The molecule has 18 heavy (non-hydrogen) atoms. The molecule has 0 fully saturated rings. The molecule has 0 bridgehead atoms. The standard InChI is InChI=1S/C14H9N3O/c1-2-6-10-9(5-1)15-13(16-10)14-17-11-7-3-4-8-12(11)18-14/h1-8,13H. The molecule has 1 aliphatic rings. The summed E-state index contributed by atoms with van der Waals surface area (Å²) in [5.41, 5.74) is 1.61. The molecule has 0 saturated heterocycles. The van der Waals surface area contributed by atoms with Gasteiger partial charge in [0.05, 0.1) is 10.7 Å². The molecule has 0 unspecified atom stereocenters. The Labute approximate surface area is 102 Å². The number of oxazole rings is 1. The van der Waals surface area contributed by atoms with Crippen LogP contribution in [0.3, 0.4) is 0 Å². The van der Waals surface area contributed by atoms with Gasteiger partial charge < -0.3 is 4.42 Å². The SMILES string of the molecule is c1ccc2c(c1)=NC(c1nc3ccccc3o1)N=2. The first-order valence-corrected chi connectivity index (χ1v) is 5.76. The highest BCUT2D eigenvalue weighted by Crippen LogP contribution is 2.23. The van der Waals surface area contributed by atoms with Crippen molar-refractivity contribution in [3.8, 4) is 0 Å². The van der Waals surface area contributed by atoms with E-state index >= 15 is 0 Å². The van der Waals surface area contributed by atoms with Crippen LogP contribution in [0.5, 0.6) is 0 Å². The molecule has 1 aliphatic heterocycles. The molecule has 4 rings (SSSR count). The quantitative estimate of drug-likeness (QED) is 0.645. The third-order valence-electron chi connectivity index (χ3n) is 2.94. The Morgan fingerprint density at radius 3 is 2.22 bits per heavy atom. The Morgan fingerprint density at radius 2 is 1.50 bits per heavy atom. The molecule has 0 saturated carbocycles. The molecule has 0 aliphatic carbocycles. The summed E-state index contributed by atoms with van der Waals surface area (Å²) < 4.78 is 5.68. The molecule has 0 radical (unpaired) electrons. The molecule has 4 heteroatoms. The third kappa shape index (κ3) is 1.35. The van der Waals surface area contributed by atoms with E-state index in [1.54, 1.807) is 0 Å². The number of benzene rings is 2. The average Bonchev–Trinajstić information content (AvgIpc) is 3.02. The second-order valence-electron chi connectivity index (χ2n) is 4.14. The lowest BCUT2D eigenvalue weighted by molar-refractivity contribution is 0.484. The summed E-state index contributed by atoms with van der Waals surface area (Å²) in [5.74, 6) is 0.549. The zero-order valence-electron chi connectivity index (χ0n) is 9.45. The topological polar surface area (TPSA) is 50.8 Å². The molecule has 1 aromatic heterocycles. The van der Waals surface area contributed by atoms with E-state index in [1.165, 1.54) is 0 Å². The number of para-hydroxylation sites is 4. The van der Waals surface area contributed by atoms with Gasteiger partial charge in [-0.25, -0.2) is 15.0 Å². The van der Waals surface area contributed by atoms with Crippen molar-refractivity contribution in [2.24, 2.45) is 9.98 Å². The lowest BCUT2D eigenvalue weighted by Gasteiger charge is -1.95. The molecule has 2 aromatic carbocycles. The van der Waals surface area contributed by atoms with Crippen molar-refractivity contribution in [3.63, 3.8) is 0 Å². The Balaban J connectivity index is 1.88. The van der Waals surface area contributed by atoms with Crippen LogP contribution in [0, 0.1) is 0 Å². The summed E-state index contributed by atoms with van der Waals surface area (Å²) in [7, 11) is 0. The van der Waals surface area contributed by atoms with Gasteiger partial charge in [0, 0.05) is 0 Å². The van der Waals surface area contributed by atoms with E-state index in [4.69, 9.17) is 4.42 Å². The van der Waals surface area contributed by atoms with Crippen LogP contribution < -0.4 is 10.7 Å². The van der Waals surface area contributed by atoms with Crippen LogP contribution in [0.25, 0.3) is 11.1 Å². The predicted octanol–water partition coefficient (Wildman–Crippen LogP) is 1.78. The smallest absolute Gasteiger partial charge is 0.242 e. The fraction of sp³-hybridized carbons (Fsp3) is 0.0714. The third-order valence-corrected chi connectivity index (χ3v) is 2.94. The summed E-state index contributed by atoms with van der Waals surface area (Å²) in [6.45, 7) is 0.